The highest BCUT2D eigenvalue weighted by Crippen LogP contribution is 2.30. The van der Waals surface area contributed by atoms with Crippen molar-refractivity contribution in [3.63, 3.8) is 0 Å². The van der Waals surface area contributed by atoms with Crippen molar-refractivity contribution in [3.8, 4) is 11.1 Å². The molecular weight excluding hydrogens is 490 g/mol. The Morgan fingerprint density at radius 2 is 1.94 bits per heavy atom. The fourth-order valence-corrected chi connectivity index (χ4v) is 5.15. The van der Waals surface area contributed by atoms with Crippen LogP contribution in [0.2, 0.25) is 0 Å². The van der Waals surface area contributed by atoms with Crippen LogP contribution in [0.25, 0.3) is 33.2 Å². The van der Waals surface area contributed by atoms with Crippen molar-refractivity contribution in [1.82, 2.24) is 19.9 Å². The van der Waals surface area contributed by atoms with Gasteiger partial charge in [-0.3, -0.25) is 9.52 Å². The topological polar surface area (TPSA) is 147 Å². The molecule has 0 radical (unpaired) electrons. The molecule has 0 saturated carbocycles. The van der Waals surface area contributed by atoms with E-state index in [9.17, 15) is 17.6 Å². The van der Waals surface area contributed by atoms with E-state index in [0.717, 1.165) is 23.2 Å². The van der Waals surface area contributed by atoms with Gasteiger partial charge in [-0.15, -0.1) is 0 Å². The van der Waals surface area contributed by atoms with Gasteiger partial charge >= 0.3 is 0 Å². The maximum Gasteiger partial charge on any atom is 0.232 e. The molecule has 5 N–H and O–H groups in total. The molecule has 36 heavy (non-hydrogen) atoms. The number of imidazole rings is 1. The molecular formula is C24H20F2N6O3S. The van der Waals surface area contributed by atoms with Crippen LogP contribution in [0.5, 0.6) is 0 Å². The van der Waals surface area contributed by atoms with Gasteiger partial charge in [-0.2, -0.15) is 0 Å². The average Bonchev–Trinajstić information content (AvgIpc) is 3.42. The third-order valence-corrected chi connectivity index (χ3v) is 7.14. The Labute approximate surface area is 203 Å². The molecule has 12 heteroatoms. The fourth-order valence-electron chi connectivity index (χ4n) is 4.02. The summed E-state index contributed by atoms with van der Waals surface area (Å²) in [6.07, 6.45) is 3.21. The summed E-state index contributed by atoms with van der Waals surface area (Å²) in [6.45, 7) is 1.65. The molecule has 5 rings (SSSR count). The molecule has 0 amide bonds. The van der Waals surface area contributed by atoms with Crippen molar-refractivity contribution in [2.24, 2.45) is 0 Å². The zero-order chi connectivity index (χ0) is 25.6. The molecule has 0 fully saturated rings. The number of aromatic nitrogens is 4. The molecule has 0 aliphatic heterocycles. The Morgan fingerprint density at radius 1 is 1.14 bits per heavy atom. The van der Waals surface area contributed by atoms with Gasteiger partial charge in [-0.05, 0) is 42.3 Å². The van der Waals surface area contributed by atoms with Crippen molar-refractivity contribution in [2.75, 3.05) is 16.2 Å². The summed E-state index contributed by atoms with van der Waals surface area (Å²) < 4.78 is 56.1. The lowest BCUT2D eigenvalue weighted by atomic mass is 9.99. The normalized spacial score (nSPS) is 11.9. The van der Waals surface area contributed by atoms with Crippen LogP contribution in [0, 0.1) is 11.6 Å². The van der Waals surface area contributed by atoms with E-state index in [4.69, 9.17) is 5.73 Å². The van der Waals surface area contributed by atoms with Gasteiger partial charge in [0.15, 0.2) is 11.8 Å². The van der Waals surface area contributed by atoms with Gasteiger partial charge < -0.3 is 15.7 Å². The smallest absolute Gasteiger partial charge is 0.232 e. The number of sulfonamides is 1. The van der Waals surface area contributed by atoms with Gasteiger partial charge in [0.25, 0.3) is 0 Å². The highest BCUT2D eigenvalue weighted by molar-refractivity contribution is 7.92. The number of ketones is 1. The number of H-pyrrole nitrogens is 2. The number of halogens is 2. The van der Waals surface area contributed by atoms with Crippen LogP contribution in [0.15, 0.2) is 48.8 Å². The number of rotatable bonds is 7. The standard InChI is InChI=1S/C24H20F2N6O3S/c1-2-7-36(34,35)32-18-6-4-16(25)20(21(18)26)22(33)15-11-29-23-14(15)8-13(10-28-23)12-3-5-17-19(9-12)31-24(27)30-17/h3-6,8-11,32H,2,7H2,1H3,(H,28,29)(H3,27,30,31). The lowest BCUT2D eigenvalue weighted by molar-refractivity contribution is 0.103. The lowest BCUT2D eigenvalue weighted by Crippen LogP contribution is -2.18. The molecule has 0 aliphatic rings. The van der Waals surface area contributed by atoms with E-state index in [1.807, 2.05) is 6.07 Å². The van der Waals surface area contributed by atoms with Crippen molar-refractivity contribution in [1.29, 1.82) is 0 Å². The Morgan fingerprint density at radius 3 is 2.72 bits per heavy atom. The third kappa shape index (κ3) is 4.15. The molecule has 5 aromatic rings. The molecule has 9 nitrogen and oxygen atoms in total. The Kier molecular flexibility index (Phi) is 5.67. The van der Waals surface area contributed by atoms with Gasteiger partial charge in [-0.25, -0.2) is 27.2 Å². The summed E-state index contributed by atoms with van der Waals surface area (Å²) in [5.74, 6) is -3.34. The van der Waals surface area contributed by atoms with E-state index in [1.54, 1.807) is 31.3 Å². The number of aromatic amines is 2. The summed E-state index contributed by atoms with van der Waals surface area (Å²) in [5.41, 5.74) is 7.44. The summed E-state index contributed by atoms with van der Waals surface area (Å²) in [6, 6.07) is 8.89. The molecule has 2 aromatic carbocycles. The number of nitrogens with zero attached hydrogens (tertiary/aromatic N) is 2. The quantitative estimate of drug-likeness (QED) is 0.239. The molecule has 3 aromatic heterocycles. The number of carbonyl (C=O) groups excluding carboxylic acids is 1. The molecule has 0 unspecified atom stereocenters. The number of nitrogens with one attached hydrogen (secondary N) is 3. The van der Waals surface area contributed by atoms with Crippen molar-refractivity contribution in [2.45, 2.75) is 13.3 Å². The van der Waals surface area contributed by atoms with Crippen LogP contribution < -0.4 is 10.5 Å². The van der Waals surface area contributed by atoms with E-state index in [1.165, 1.54) is 6.20 Å². The Hall–Kier alpha value is -4.32. The average molecular weight is 511 g/mol. The van der Waals surface area contributed by atoms with Gasteiger partial charge in [0, 0.05) is 28.9 Å². The minimum Gasteiger partial charge on any atom is -0.369 e. The van der Waals surface area contributed by atoms with E-state index in [2.05, 4.69) is 24.7 Å². The fraction of sp³-hybridized carbons (Fsp3) is 0.125. The summed E-state index contributed by atoms with van der Waals surface area (Å²) in [4.78, 5) is 27.6. The molecule has 0 spiro atoms. The summed E-state index contributed by atoms with van der Waals surface area (Å²) in [7, 11) is -3.86. The molecule has 0 aliphatic carbocycles. The number of nitrogen functional groups attached to an aromatic ring is 1. The van der Waals surface area contributed by atoms with Gasteiger partial charge in [-0.1, -0.05) is 13.0 Å². The zero-order valence-corrected chi connectivity index (χ0v) is 19.7. The van der Waals surface area contributed by atoms with Crippen LogP contribution >= 0.6 is 0 Å². The minimum atomic E-state index is -3.86. The van der Waals surface area contributed by atoms with E-state index >= 15 is 4.39 Å². The van der Waals surface area contributed by atoms with Crippen molar-refractivity contribution < 1.29 is 22.0 Å². The Balaban J connectivity index is 1.57. The number of hydrogen-bond donors (Lipinski definition) is 4. The van der Waals surface area contributed by atoms with Crippen LogP contribution in [0.3, 0.4) is 0 Å². The zero-order valence-electron chi connectivity index (χ0n) is 18.9. The van der Waals surface area contributed by atoms with E-state index in [-0.39, 0.29) is 17.3 Å². The first-order valence-electron chi connectivity index (χ1n) is 10.9. The summed E-state index contributed by atoms with van der Waals surface area (Å²) >= 11 is 0. The minimum absolute atomic E-state index is 0.0178. The number of anilines is 2. The number of benzene rings is 2. The first-order valence-corrected chi connectivity index (χ1v) is 12.6. The predicted octanol–water partition coefficient (Wildman–Crippen LogP) is 4.35. The highest BCUT2D eigenvalue weighted by atomic mass is 32.2. The molecule has 3 heterocycles. The number of pyridine rings is 1. The van der Waals surface area contributed by atoms with Gasteiger partial charge in [0.05, 0.1) is 28.0 Å². The maximum atomic E-state index is 15.2. The maximum absolute atomic E-state index is 15.2. The first kappa shape index (κ1) is 23.4. The second kappa shape index (κ2) is 8.72. The van der Waals surface area contributed by atoms with E-state index in [0.29, 0.717) is 28.5 Å². The largest absolute Gasteiger partial charge is 0.369 e. The molecule has 0 saturated heterocycles. The molecule has 184 valence electrons. The third-order valence-electron chi connectivity index (χ3n) is 5.67. The number of nitrogens with two attached hydrogens (primary N) is 1. The van der Waals surface area contributed by atoms with Crippen LogP contribution in [-0.4, -0.2) is 39.9 Å². The van der Waals surface area contributed by atoms with E-state index < -0.39 is 38.7 Å². The number of fused-ring (bicyclic) bond motifs is 2. The number of carbonyl (C=O) groups is 1. The van der Waals surface area contributed by atoms with Crippen LogP contribution in [-0.2, 0) is 10.0 Å². The molecule has 0 atom stereocenters. The Bertz CT molecular complexity index is 1760. The summed E-state index contributed by atoms with van der Waals surface area (Å²) in [5, 5.41) is 0.343. The first-order chi connectivity index (χ1) is 17.2. The van der Waals surface area contributed by atoms with Crippen molar-refractivity contribution in [3.05, 3.63) is 71.6 Å². The molecule has 0 bridgehead atoms. The van der Waals surface area contributed by atoms with Crippen LogP contribution in [0.4, 0.5) is 20.4 Å². The second-order valence-electron chi connectivity index (χ2n) is 8.21. The van der Waals surface area contributed by atoms with Crippen LogP contribution in [0.1, 0.15) is 29.3 Å². The van der Waals surface area contributed by atoms with Gasteiger partial charge in [0.1, 0.15) is 11.5 Å². The predicted molar refractivity (Wildman–Crippen MR) is 133 cm³/mol. The number of hydrogen-bond acceptors (Lipinski definition) is 6. The van der Waals surface area contributed by atoms with Crippen molar-refractivity contribution >= 4 is 49.5 Å². The highest BCUT2D eigenvalue weighted by Gasteiger charge is 2.26. The second-order valence-corrected chi connectivity index (χ2v) is 10.1. The monoisotopic (exact) mass is 510 g/mol. The SMILES string of the molecule is CCCS(=O)(=O)Nc1ccc(F)c(C(=O)c2c[nH]c3ncc(-c4ccc5[nH]c(N)nc5c4)cc23)c1F. The lowest BCUT2D eigenvalue weighted by Gasteiger charge is -2.11. The van der Waals surface area contributed by atoms with Gasteiger partial charge in [0.2, 0.25) is 15.8 Å².